The Morgan fingerprint density at radius 2 is 1.66 bits per heavy atom. The minimum atomic E-state index is -5.60. The highest BCUT2D eigenvalue weighted by molar-refractivity contribution is 6.27. The maximum absolute atomic E-state index is 14.5. The number of carbonyl (C=O) groups is 4. The molecule has 0 unspecified atom stereocenters. The molecule has 3 atom stereocenters. The van der Waals surface area contributed by atoms with Crippen LogP contribution >= 0.6 is 0 Å². The van der Waals surface area contributed by atoms with E-state index < -0.39 is 58.6 Å². The minimum Gasteiger partial charge on any atom is -0.466 e. The van der Waals surface area contributed by atoms with Crippen LogP contribution in [0.4, 0.5) is 13.2 Å². The molecule has 0 spiro atoms. The van der Waals surface area contributed by atoms with E-state index in [1.54, 1.807) is 12.1 Å². The third-order valence-electron chi connectivity index (χ3n) is 6.80. The van der Waals surface area contributed by atoms with Crippen molar-refractivity contribution in [2.75, 3.05) is 6.61 Å². The Kier molecular flexibility index (Phi) is 5.79. The van der Waals surface area contributed by atoms with E-state index in [9.17, 15) is 37.5 Å². The number of fused-ring (bicyclic) bond motifs is 2. The first-order chi connectivity index (χ1) is 17.9. The summed E-state index contributed by atoms with van der Waals surface area (Å²) < 4.78 is 54.6. The van der Waals surface area contributed by atoms with Crippen LogP contribution in [0.15, 0.2) is 66.1 Å². The number of nitrogens with zero attached hydrogens (tertiary/aromatic N) is 1. The summed E-state index contributed by atoms with van der Waals surface area (Å²) in [7, 11) is 0. The monoisotopic (exact) mass is 527 g/mol. The van der Waals surface area contributed by atoms with E-state index in [2.05, 4.69) is 0 Å². The highest BCUT2D eigenvalue weighted by atomic mass is 19.4. The van der Waals surface area contributed by atoms with Crippen molar-refractivity contribution >= 4 is 34.3 Å². The van der Waals surface area contributed by atoms with Crippen LogP contribution in [0.1, 0.15) is 50.8 Å². The first kappa shape index (κ1) is 25.4. The second kappa shape index (κ2) is 8.66. The molecule has 0 saturated heterocycles. The maximum atomic E-state index is 14.5. The van der Waals surface area contributed by atoms with Gasteiger partial charge in [0.15, 0.2) is 11.5 Å². The maximum Gasteiger partial charge on any atom is 0.456 e. The van der Waals surface area contributed by atoms with Gasteiger partial charge in [0.05, 0.1) is 17.7 Å². The molecule has 38 heavy (non-hydrogen) atoms. The summed E-state index contributed by atoms with van der Waals surface area (Å²) >= 11 is 0. The zero-order valence-electron chi connectivity index (χ0n) is 20.0. The Hall–Kier alpha value is -4.25. The normalized spacial score (nSPS) is 23.1. The van der Waals surface area contributed by atoms with E-state index in [0.717, 1.165) is 4.57 Å². The van der Waals surface area contributed by atoms with Crippen molar-refractivity contribution in [3.05, 3.63) is 82.8 Å². The summed E-state index contributed by atoms with van der Waals surface area (Å²) in [6.45, 7) is 2.25. The molecule has 2 heterocycles. The molecule has 0 fully saturated rings. The molecule has 2 aliphatic rings. The molecule has 1 aromatic heterocycles. The lowest BCUT2D eigenvalue weighted by molar-refractivity contribution is -0.375. The molecule has 11 heteroatoms. The first-order valence-corrected chi connectivity index (χ1v) is 11.6. The Morgan fingerprint density at radius 3 is 2.26 bits per heavy atom. The standard InChI is InChI=1S/C27H20F3NO7/c1-3-37-25(35)21-19(17-12-31(13(2)32)18-11-7-6-8-14(17)18)20-22(33)15-9-4-5-10-16(15)23(34)24(20)38-26(21,36)27(28,29)30/h4-12,19,21,36H,3H2,1-2H3/t19-,21-,26+/m1/s1. The van der Waals surface area contributed by atoms with Crippen LogP contribution in [0.5, 0.6) is 0 Å². The predicted molar refractivity (Wildman–Crippen MR) is 125 cm³/mol. The molecule has 1 aliphatic heterocycles. The van der Waals surface area contributed by atoms with Crippen LogP contribution in [0.3, 0.4) is 0 Å². The van der Waals surface area contributed by atoms with Crippen molar-refractivity contribution in [1.82, 2.24) is 4.57 Å². The summed E-state index contributed by atoms with van der Waals surface area (Å²) in [6, 6.07) is 11.7. The smallest absolute Gasteiger partial charge is 0.456 e. The van der Waals surface area contributed by atoms with Crippen LogP contribution in [0.25, 0.3) is 10.9 Å². The van der Waals surface area contributed by atoms with E-state index in [1.165, 1.54) is 56.4 Å². The van der Waals surface area contributed by atoms with E-state index in [-0.39, 0.29) is 34.2 Å². The van der Waals surface area contributed by atoms with Gasteiger partial charge in [-0.3, -0.25) is 23.7 Å². The van der Waals surface area contributed by atoms with Crippen LogP contribution in [0, 0.1) is 5.92 Å². The fraction of sp³-hybridized carbons (Fsp3) is 0.259. The molecule has 0 amide bonds. The lowest BCUT2D eigenvalue weighted by Crippen LogP contribution is -2.61. The Bertz CT molecular complexity index is 1570. The van der Waals surface area contributed by atoms with Crippen molar-refractivity contribution in [1.29, 1.82) is 0 Å². The van der Waals surface area contributed by atoms with Crippen molar-refractivity contribution in [2.24, 2.45) is 5.92 Å². The summed E-state index contributed by atoms with van der Waals surface area (Å²) in [6.07, 6.45) is -4.39. The van der Waals surface area contributed by atoms with Gasteiger partial charge in [-0.1, -0.05) is 42.5 Å². The summed E-state index contributed by atoms with van der Waals surface area (Å²) in [5.41, 5.74) is -0.614. The van der Waals surface area contributed by atoms with E-state index >= 15 is 0 Å². The molecular weight excluding hydrogens is 507 g/mol. The molecule has 8 nitrogen and oxygen atoms in total. The van der Waals surface area contributed by atoms with E-state index in [4.69, 9.17) is 9.47 Å². The SMILES string of the molecule is CCOC(=O)[C@H]1[C@H](c2cn(C(C)=O)c3ccccc23)C2=C(O[C@]1(O)C(F)(F)F)C(=O)c1ccccc1C2=O. The average Bonchev–Trinajstić information content (AvgIpc) is 3.26. The number of hydrogen-bond donors (Lipinski definition) is 1. The van der Waals surface area contributed by atoms with Crippen LogP contribution < -0.4 is 0 Å². The molecule has 2 aromatic carbocycles. The number of ether oxygens (including phenoxy) is 2. The summed E-state index contributed by atoms with van der Waals surface area (Å²) in [4.78, 5) is 52.7. The third-order valence-corrected chi connectivity index (χ3v) is 6.80. The van der Waals surface area contributed by atoms with Crippen molar-refractivity contribution in [3.63, 3.8) is 0 Å². The number of hydrogen-bond acceptors (Lipinski definition) is 7. The number of rotatable bonds is 3. The average molecular weight is 527 g/mol. The highest BCUT2D eigenvalue weighted by Crippen LogP contribution is 2.55. The lowest BCUT2D eigenvalue weighted by atomic mass is 9.69. The number of ketones is 2. The molecule has 5 rings (SSSR count). The van der Waals surface area contributed by atoms with E-state index in [1.807, 2.05) is 0 Å². The first-order valence-electron chi connectivity index (χ1n) is 11.6. The Balaban J connectivity index is 1.90. The second-order valence-electron chi connectivity index (χ2n) is 8.94. The second-order valence-corrected chi connectivity index (χ2v) is 8.94. The van der Waals surface area contributed by atoms with Gasteiger partial charge < -0.3 is 14.6 Å². The van der Waals surface area contributed by atoms with Gasteiger partial charge in [0.1, 0.15) is 5.92 Å². The van der Waals surface area contributed by atoms with Gasteiger partial charge in [0.25, 0.3) is 0 Å². The number of Topliss-reactive ketones (excluding diaryl/α,β-unsaturated/α-hetero) is 2. The van der Waals surface area contributed by atoms with Crippen molar-refractivity contribution in [3.8, 4) is 0 Å². The zero-order valence-corrected chi connectivity index (χ0v) is 20.0. The fourth-order valence-electron chi connectivity index (χ4n) is 5.18. The molecule has 0 bridgehead atoms. The van der Waals surface area contributed by atoms with Gasteiger partial charge in [0.2, 0.25) is 11.7 Å². The van der Waals surface area contributed by atoms with Crippen LogP contribution in [-0.4, -0.2) is 51.7 Å². The molecule has 0 saturated carbocycles. The fourth-order valence-corrected chi connectivity index (χ4v) is 5.18. The number of para-hydroxylation sites is 1. The van der Waals surface area contributed by atoms with Gasteiger partial charge in [0, 0.05) is 35.6 Å². The number of aromatic nitrogens is 1. The van der Waals surface area contributed by atoms with E-state index in [0.29, 0.717) is 0 Å². The number of halogens is 3. The molecule has 1 N–H and O–H groups in total. The molecule has 3 aromatic rings. The third kappa shape index (κ3) is 3.49. The number of allylic oxidation sites excluding steroid dienone is 2. The minimum absolute atomic E-state index is 0.0622. The number of benzene rings is 2. The lowest BCUT2D eigenvalue weighted by Gasteiger charge is -2.45. The number of alkyl halides is 3. The topological polar surface area (TPSA) is 112 Å². The molecule has 0 radical (unpaired) electrons. The molecule has 1 aliphatic carbocycles. The van der Waals surface area contributed by atoms with Gasteiger partial charge in [-0.25, -0.2) is 0 Å². The molecule has 196 valence electrons. The van der Waals surface area contributed by atoms with Crippen molar-refractivity contribution in [2.45, 2.75) is 31.7 Å². The van der Waals surface area contributed by atoms with Gasteiger partial charge in [-0.2, -0.15) is 13.2 Å². The Morgan fingerprint density at radius 1 is 1.05 bits per heavy atom. The van der Waals surface area contributed by atoms with Crippen LogP contribution in [-0.2, 0) is 14.3 Å². The van der Waals surface area contributed by atoms with Crippen molar-refractivity contribution < 1.29 is 46.9 Å². The van der Waals surface area contributed by atoms with Gasteiger partial charge in [-0.15, -0.1) is 0 Å². The Labute approximate surface area is 213 Å². The largest absolute Gasteiger partial charge is 0.466 e. The molecular formula is C27H20F3NO7. The number of aliphatic hydroxyl groups is 1. The van der Waals surface area contributed by atoms with Gasteiger partial charge >= 0.3 is 17.9 Å². The number of esters is 1. The highest BCUT2D eigenvalue weighted by Gasteiger charge is 2.71. The van der Waals surface area contributed by atoms with Gasteiger partial charge in [-0.05, 0) is 18.6 Å². The quantitative estimate of drug-likeness (QED) is 0.509. The van der Waals surface area contributed by atoms with Crippen LogP contribution in [0.2, 0.25) is 0 Å². The number of carbonyl (C=O) groups excluding carboxylic acids is 4. The predicted octanol–water partition coefficient (Wildman–Crippen LogP) is 4.18. The summed E-state index contributed by atoms with van der Waals surface area (Å²) in [5.74, 6) is -13.6. The zero-order chi connectivity index (χ0) is 27.6. The summed E-state index contributed by atoms with van der Waals surface area (Å²) in [5, 5.41) is 11.3.